The highest BCUT2D eigenvalue weighted by Crippen LogP contribution is 2.32. The molecule has 2 heterocycles. The first-order valence-electron chi connectivity index (χ1n) is 9.03. The minimum absolute atomic E-state index is 0.0317. The number of likely N-dealkylation sites (N-methyl/N-ethyl adjacent to an activating group) is 1. The summed E-state index contributed by atoms with van der Waals surface area (Å²) in [7, 11) is 3.37. The summed E-state index contributed by atoms with van der Waals surface area (Å²) in [5.41, 5.74) is 0.500. The van der Waals surface area contributed by atoms with Crippen molar-refractivity contribution in [1.82, 2.24) is 15.1 Å². The topological polar surface area (TPSA) is 71.1 Å². The zero-order chi connectivity index (χ0) is 18.7. The van der Waals surface area contributed by atoms with E-state index < -0.39 is 11.7 Å². The third-order valence-electron chi connectivity index (χ3n) is 5.45. The Labute approximate surface area is 154 Å². The fourth-order valence-corrected chi connectivity index (χ4v) is 3.67. The molecule has 2 fully saturated rings. The molecule has 3 rings (SSSR count). The van der Waals surface area contributed by atoms with Crippen molar-refractivity contribution in [1.29, 1.82) is 0 Å². The summed E-state index contributed by atoms with van der Waals surface area (Å²) in [5, 5.41) is 3.27. The lowest BCUT2D eigenvalue weighted by Crippen LogP contribution is -2.46. The molecular formula is C19H27N3O4. The van der Waals surface area contributed by atoms with Crippen LogP contribution in [0.5, 0.6) is 5.75 Å². The first-order valence-corrected chi connectivity index (χ1v) is 9.03. The molecule has 7 nitrogen and oxygen atoms in total. The van der Waals surface area contributed by atoms with E-state index in [9.17, 15) is 9.59 Å². The van der Waals surface area contributed by atoms with Crippen LogP contribution in [0.25, 0.3) is 0 Å². The number of methoxy groups -OCH3 is 1. The van der Waals surface area contributed by atoms with Crippen LogP contribution in [-0.2, 0) is 9.53 Å². The Morgan fingerprint density at radius 3 is 2.77 bits per heavy atom. The maximum absolute atomic E-state index is 12.8. The minimum Gasteiger partial charge on any atom is -0.496 e. The molecule has 26 heavy (non-hydrogen) atoms. The highest BCUT2D eigenvalue weighted by atomic mass is 16.6. The molecule has 2 aliphatic rings. The number of rotatable bonds is 5. The molecule has 1 aromatic carbocycles. The van der Waals surface area contributed by atoms with E-state index in [0.717, 1.165) is 37.2 Å². The summed E-state index contributed by atoms with van der Waals surface area (Å²) in [5.74, 6) is 0.625. The number of hydrogen-bond acceptors (Lipinski definition) is 5. The summed E-state index contributed by atoms with van der Waals surface area (Å²) in [4.78, 5) is 28.2. The van der Waals surface area contributed by atoms with E-state index in [0.29, 0.717) is 6.54 Å². The van der Waals surface area contributed by atoms with Crippen molar-refractivity contribution in [3.63, 3.8) is 0 Å². The summed E-state index contributed by atoms with van der Waals surface area (Å²) >= 11 is 0. The molecule has 7 heteroatoms. The van der Waals surface area contributed by atoms with Gasteiger partial charge in [-0.05, 0) is 26.1 Å². The van der Waals surface area contributed by atoms with Crippen LogP contribution < -0.4 is 10.1 Å². The Balaban J connectivity index is 1.65. The van der Waals surface area contributed by atoms with Crippen molar-refractivity contribution in [3.05, 3.63) is 29.8 Å². The van der Waals surface area contributed by atoms with Crippen LogP contribution in [0.4, 0.5) is 4.79 Å². The highest BCUT2D eigenvalue weighted by Gasteiger charge is 2.46. The Bertz CT molecular complexity index is 673. The molecule has 1 aromatic rings. The second-order valence-corrected chi connectivity index (χ2v) is 7.08. The molecule has 142 valence electrons. The zero-order valence-electron chi connectivity index (χ0n) is 15.7. The average Bonchev–Trinajstić information content (AvgIpc) is 2.95. The van der Waals surface area contributed by atoms with E-state index in [1.165, 1.54) is 4.90 Å². The second-order valence-electron chi connectivity index (χ2n) is 7.08. The van der Waals surface area contributed by atoms with E-state index in [-0.39, 0.29) is 18.5 Å². The lowest BCUT2D eigenvalue weighted by Gasteiger charge is -2.31. The molecule has 2 amide bonds. The van der Waals surface area contributed by atoms with E-state index in [1.807, 2.05) is 31.2 Å². The van der Waals surface area contributed by atoms with Gasteiger partial charge >= 0.3 is 6.09 Å². The molecule has 2 aliphatic heterocycles. The van der Waals surface area contributed by atoms with Gasteiger partial charge in [-0.2, -0.15) is 0 Å². The number of nitrogens with one attached hydrogen (secondary N) is 1. The molecule has 1 spiro atoms. The predicted molar refractivity (Wildman–Crippen MR) is 97.1 cm³/mol. The van der Waals surface area contributed by atoms with E-state index in [1.54, 1.807) is 19.1 Å². The third-order valence-corrected chi connectivity index (χ3v) is 5.45. The Hall–Kier alpha value is -2.28. The number of ether oxygens (including phenoxy) is 2. The minimum atomic E-state index is -0.435. The van der Waals surface area contributed by atoms with Gasteiger partial charge in [0.05, 0.1) is 19.7 Å². The van der Waals surface area contributed by atoms with Crippen molar-refractivity contribution >= 4 is 12.0 Å². The largest absolute Gasteiger partial charge is 0.496 e. The van der Waals surface area contributed by atoms with Crippen LogP contribution in [0.2, 0.25) is 0 Å². The molecule has 0 unspecified atom stereocenters. The van der Waals surface area contributed by atoms with E-state index in [2.05, 4.69) is 5.32 Å². The number of piperidine rings is 1. The summed E-state index contributed by atoms with van der Waals surface area (Å²) in [6.07, 6.45) is 1.19. The van der Waals surface area contributed by atoms with Crippen molar-refractivity contribution in [2.24, 2.45) is 0 Å². The lowest BCUT2D eigenvalue weighted by atomic mass is 9.92. The fourth-order valence-electron chi connectivity index (χ4n) is 3.67. The van der Waals surface area contributed by atoms with Gasteiger partial charge in [-0.15, -0.1) is 0 Å². The van der Waals surface area contributed by atoms with Crippen molar-refractivity contribution in [3.8, 4) is 5.75 Å². The fraction of sp³-hybridized carbons (Fsp3) is 0.579. The number of para-hydroxylation sites is 1. The normalized spacial score (nSPS) is 20.0. The van der Waals surface area contributed by atoms with Gasteiger partial charge in [-0.3, -0.25) is 9.69 Å². The van der Waals surface area contributed by atoms with Crippen LogP contribution in [0, 0.1) is 0 Å². The van der Waals surface area contributed by atoms with E-state index in [4.69, 9.17) is 9.47 Å². The monoisotopic (exact) mass is 361 g/mol. The van der Waals surface area contributed by atoms with Crippen LogP contribution in [0.1, 0.15) is 31.4 Å². The number of amides is 2. The Morgan fingerprint density at radius 2 is 2.08 bits per heavy atom. The Morgan fingerprint density at radius 1 is 1.38 bits per heavy atom. The van der Waals surface area contributed by atoms with Gasteiger partial charge in [0.15, 0.2) is 0 Å². The van der Waals surface area contributed by atoms with Gasteiger partial charge in [0.25, 0.3) is 0 Å². The van der Waals surface area contributed by atoms with Gasteiger partial charge in [0.1, 0.15) is 17.9 Å². The van der Waals surface area contributed by atoms with E-state index >= 15 is 0 Å². The number of hydrogen-bond donors (Lipinski definition) is 1. The molecule has 0 aliphatic carbocycles. The van der Waals surface area contributed by atoms with Crippen molar-refractivity contribution in [2.45, 2.75) is 31.4 Å². The van der Waals surface area contributed by atoms with Gasteiger partial charge < -0.3 is 19.7 Å². The predicted octanol–water partition coefficient (Wildman–Crippen LogP) is 1.79. The van der Waals surface area contributed by atoms with Crippen molar-refractivity contribution in [2.75, 3.05) is 40.3 Å². The molecule has 0 bridgehead atoms. The average molecular weight is 361 g/mol. The SMILES string of the molecule is COc1ccccc1[C@H](C)N(C)C(=O)CN1CC2(CCNCC2)OC1=O. The third kappa shape index (κ3) is 3.62. The number of carbonyl (C=O) groups is 2. The molecule has 1 atom stereocenters. The van der Waals surface area contributed by atoms with Crippen LogP contribution in [0.15, 0.2) is 24.3 Å². The lowest BCUT2D eigenvalue weighted by molar-refractivity contribution is -0.132. The van der Waals surface area contributed by atoms with Crippen LogP contribution in [-0.4, -0.2) is 67.7 Å². The van der Waals surface area contributed by atoms with Gasteiger partial charge in [-0.25, -0.2) is 4.79 Å². The summed E-state index contributed by atoms with van der Waals surface area (Å²) < 4.78 is 11.0. The quantitative estimate of drug-likeness (QED) is 0.866. The number of carbonyl (C=O) groups excluding carboxylic acids is 2. The molecule has 0 aromatic heterocycles. The summed E-state index contributed by atoms with van der Waals surface area (Å²) in [6, 6.07) is 7.48. The molecule has 2 saturated heterocycles. The molecule has 1 N–H and O–H groups in total. The van der Waals surface area contributed by atoms with Gasteiger partial charge in [-0.1, -0.05) is 18.2 Å². The second kappa shape index (κ2) is 7.53. The molecular weight excluding hydrogens is 334 g/mol. The van der Waals surface area contributed by atoms with Gasteiger partial charge in [0.2, 0.25) is 5.91 Å². The van der Waals surface area contributed by atoms with Crippen molar-refractivity contribution < 1.29 is 19.1 Å². The maximum atomic E-state index is 12.8. The highest BCUT2D eigenvalue weighted by molar-refractivity contribution is 5.83. The molecule has 0 saturated carbocycles. The number of benzene rings is 1. The summed E-state index contributed by atoms with van der Waals surface area (Å²) in [6.45, 7) is 4.13. The van der Waals surface area contributed by atoms with Gasteiger partial charge in [0, 0.05) is 25.5 Å². The molecule has 0 radical (unpaired) electrons. The zero-order valence-corrected chi connectivity index (χ0v) is 15.7. The first-order chi connectivity index (χ1) is 12.5. The number of nitrogens with zero attached hydrogens (tertiary/aromatic N) is 2. The van der Waals surface area contributed by atoms with Crippen LogP contribution in [0.3, 0.4) is 0 Å². The standard InChI is InChI=1S/C19H27N3O4/c1-14(15-6-4-5-7-16(15)25-3)21(2)17(23)12-22-13-19(26-18(22)24)8-10-20-11-9-19/h4-7,14,20H,8-13H2,1-3H3/t14-/m0/s1. The first kappa shape index (κ1) is 18.5. The smallest absolute Gasteiger partial charge is 0.410 e. The maximum Gasteiger partial charge on any atom is 0.410 e. The Kier molecular flexibility index (Phi) is 5.36. The van der Waals surface area contributed by atoms with Crippen LogP contribution >= 0.6 is 0 Å².